The van der Waals surface area contributed by atoms with E-state index in [2.05, 4.69) is 15.0 Å². The van der Waals surface area contributed by atoms with Crippen molar-refractivity contribution in [1.82, 2.24) is 15.0 Å². The van der Waals surface area contributed by atoms with Crippen molar-refractivity contribution in [3.05, 3.63) is 16.1 Å². The Balaban J connectivity index is 2.65. The summed E-state index contributed by atoms with van der Waals surface area (Å²) in [7, 11) is -3.32. The van der Waals surface area contributed by atoms with Crippen molar-refractivity contribution in [3.63, 3.8) is 0 Å². The molecule has 1 rings (SSSR count). The lowest BCUT2D eigenvalue weighted by Crippen LogP contribution is -2.39. The Bertz CT molecular complexity index is 470. The molecule has 2 atom stereocenters. The molecule has 0 spiro atoms. The minimum Gasteiger partial charge on any atom is -0.316 e. The standard InChI is InChI=1S/C11H21N3O2S2/c1-5-12-6-9(3)18(15,16)14-10(4)11-13-8(2)7-17-11/h7,9-10,12,14H,5-6H2,1-4H3. The molecule has 0 aliphatic rings. The third-order valence-electron chi connectivity index (χ3n) is 2.56. The van der Waals surface area contributed by atoms with Crippen LogP contribution in [0.25, 0.3) is 0 Å². The summed E-state index contributed by atoms with van der Waals surface area (Å²) in [6.45, 7) is 8.58. The Hall–Kier alpha value is -0.500. The van der Waals surface area contributed by atoms with E-state index in [4.69, 9.17) is 0 Å². The maximum Gasteiger partial charge on any atom is 0.216 e. The summed E-state index contributed by atoms with van der Waals surface area (Å²) in [6.07, 6.45) is 0. The fraction of sp³-hybridized carbons (Fsp3) is 0.727. The van der Waals surface area contributed by atoms with Gasteiger partial charge in [-0.3, -0.25) is 0 Å². The Kier molecular flexibility index (Phi) is 5.71. The molecule has 1 heterocycles. The van der Waals surface area contributed by atoms with Gasteiger partial charge < -0.3 is 5.32 Å². The molecule has 0 aromatic carbocycles. The summed E-state index contributed by atoms with van der Waals surface area (Å²) in [6, 6.07) is -0.280. The van der Waals surface area contributed by atoms with Crippen LogP contribution in [-0.4, -0.2) is 31.7 Å². The van der Waals surface area contributed by atoms with Gasteiger partial charge in [0.1, 0.15) is 5.01 Å². The molecule has 2 N–H and O–H groups in total. The first kappa shape index (κ1) is 15.6. The third-order valence-corrected chi connectivity index (χ3v) is 5.61. The van der Waals surface area contributed by atoms with Crippen LogP contribution in [-0.2, 0) is 10.0 Å². The molecule has 0 bridgehead atoms. The van der Waals surface area contributed by atoms with Crippen LogP contribution in [0.15, 0.2) is 5.38 Å². The largest absolute Gasteiger partial charge is 0.316 e. The van der Waals surface area contributed by atoms with E-state index in [1.165, 1.54) is 11.3 Å². The van der Waals surface area contributed by atoms with Crippen molar-refractivity contribution in [1.29, 1.82) is 0 Å². The zero-order valence-corrected chi connectivity index (χ0v) is 12.9. The number of aryl methyl sites for hydroxylation is 1. The fourth-order valence-electron chi connectivity index (χ4n) is 1.44. The summed E-state index contributed by atoms with van der Waals surface area (Å²) >= 11 is 1.47. The molecule has 0 amide bonds. The van der Waals surface area contributed by atoms with Gasteiger partial charge in [-0.1, -0.05) is 6.92 Å². The first-order valence-corrected chi connectivity index (χ1v) is 8.43. The number of hydrogen-bond donors (Lipinski definition) is 2. The van der Waals surface area contributed by atoms with Crippen molar-refractivity contribution < 1.29 is 8.42 Å². The lowest BCUT2D eigenvalue weighted by Gasteiger charge is -2.17. The lowest BCUT2D eigenvalue weighted by molar-refractivity contribution is 0.546. The third kappa shape index (κ3) is 4.31. The lowest BCUT2D eigenvalue weighted by atomic mass is 10.4. The Labute approximate surface area is 113 Å². The first-order valence-electron chi connectivity index (χ1n) is 6.00. The molecule has 0 aliphatic heterocycles. The highest BCUT2D eigenvalue weighted by Gasteiger charge is 2.23. The van der Waals surface area contributed by atoms with Gasteiger partial charge in [-0.2, -0.15) is 0 Å². The quantitative estimate of drug-likeness (QED) is 0.797. The predicted octanol–water partition coefficient (Wildman–Crippen LogP) is 1.43. The normalized spacial score (nSPS) is 15.6. The number of thiazole rings is 1. The van der Waals surface area contributed by atoms with E-state index >= 15 is 0 Å². The molecule has 1 aromatic rings. The molecule has 104 valence electrons. The second-order valence-electron chi connectivity index (χ2n) is 4.33. The molecular formula is C11H21N3O2S2. The molecule has 0 saturated carbocycles. The Morgan fingerprint density at radius 2 is 2.11 bits per heavy atom. The van der Waals surface area contributed by atoms with Gasteiger partial charge in [0.2, 0.25) is 10.0 Å². The van der Waals surface area contributed by atoms with Gasteiger partial charge in [-0.25, -0.2) is 18.1 Å². The average molecular weight is 291 g/mol. The molecular weight excluding hydrogens is 270 g/mol. The van der Waals surface area contributed by atoms with Crippen LogP contribution in [0.3, 0.4) is 0 Å². The zero-order valence-electron chi connectivity index (χ0n) is 11.2. The van der Waals surface area contributed by atoms with Crippen LogP contribution in [0.2, 0.25) is 0 Å². The van der Waals surface area contributed by atoms with Crippen LogP contribution in [0, 0.1) is 6.92 Å². The smallest absolute Gasteiger partial charge is 0.216 e. The van der Waals surface area contributed by atoms with Gasteiger partial charge in [-0.15, -0.1) is 11.3 Å². The summed E-state index contributed by atoms with van der Waals surface area (Å²) in [5.74, 6) is 0. The van der Waals surface area contributed by atoms with Crippen LogP contribution >= 0.6 is 11.3 Å². The predicted molar refractivity (Wildman–Crippen MR) is 75.3 cm³/mol. The van der Waals surface area contributed by atoms with Crippen molar-refractivity contribution in [2.45, 2.75) is 39.0 Å². The van der Waals surface area contributed by atoms with E-state index in [0.29, 0.717) is 6.54 Å². The first-order chi connectivity index (χ1) is 8.36. The molecule has 5 nitrogen and oxygen atoms in total. The number of sulfonamides is 1. The molecule has 1 aromatic heterocycles. The highest BCUT2D eigenvalue weighted by Crippen LogP contribution is 2.18. The van der Waals surface area contributed by atoms with Crippen molar-refractivity contribution in [3.8, 4) is 0 Å². The minimum atomic E-state index is -3.32. The highest BCUT2D eigenvalue weighted by atomic mass is 32.2. The van der Waals surface area contributed by atoms with Crippen molar-refractivity contribution in [2.75, 3.05) is 13.1 Å². The van der Waals surface area contributed by atoms with E-state index < -0.39 is 15.3 Å². The summed E-state index contributed by atoms with van der Waals surface area (Å²) in [5, 5.41) is 5.30. The van der Waals surface area contributed by atoms with Gasteiger partial charge >= 0.3 is 0 Å². The van der Waals surface area contributed by atoms with Gasteiger partial charge in [0.25, 0.3) is 0 Å². The average Bonchev–Trinajstić information content (AvgIpc) is 2.72. The zero-order chi connectivity index (χ0) is 13.8. The van der Waals surface area contributed by atoms with Crippen LogP contribution in [0.4, 0.5) is 0 Å². The molecule has 2 unspecified atom stereocenters. The fourth-order valence-corrected chi connectivity index (χ4v) is 3.49. The SMILES string of the molecule is CCNCC(C)S(=O)(=O)NC(C)c1nc(C)cs1. The topological polar surface area (TPSA) is 71.1 Å². The van der Waals surface area contributed by atoms with Gasteiger partial charge in [0, 0.05) is 17.6 Å². The van der Waals surface area contributed by atoms with Crippen LogP contribution < -0.4 is 10.0 Å². The van der Waals surface area contributed by atoms with E-state index in [1.807, 2.05) is 26.2 Å². The van der Waals surface area contributed by atoms with Crippen molar-refractivity contribution in [2.24, 2.45) is 0 Å². The van der Waals surface area contributed by atoms with Crippen molar-refractivity contribution >= 4 is 21.4 Å². The molecule has 0 aliphatic carbocycles. The highest BCUT2D eigenvalue weighted by molar-refractivity contribution is 7.90. The molecule has 0 saturated heterocycles. The maximum absolute atomic E-state index is 12.1. The van der Waals surface area contributed by atoms with E-state index in [0.717, 1.165) is 17.2 Å². The minimum absolute atomic E-state index is 0.280. The Morgan fingerprint density at radius 3 is 2.61 bits per heavy atom. The number of rotatable bonds is 7. The second kappa shape index (κ2) is 6.60. The van der Waals surface area contributed by atoms with Crippen LogP contribution in [0.1, 0.15) is 37.5 Å². The summed E-state index contributed by atoms with van der Waals surface area (Å²) in [5.41, 5.74) is 0.918. The van der Waals surface area contributed by atoms with Gasteiger partial charge in [0.05, 0.1) is 11.3 Å². The van der Waals surface area contributed by atoms with Crippen LogP contribution in [0.5, 0.6) is 0 Å². The summed E-state index contributed by atoms with van der Waals surface area (Å²) < 4.78 is 26.8. The molecule has 0 fully saturated rings. The molecule has 7 heteroatoms. The van der Waals surface area contributed by atoms with Gasteiger partial charge in [-0.05, 0) is 27.3 Å². The number of nitrogens with zero attached hydrogens (tertiary/aromatic N) is 1. The monoisotopic (exact) mass is 291 g/mol. The van der Waals surface area contributed by atoms with E-state index in [9.17, 15) is 8.42 Å². The summed E-state index contributed by atoms with van der Waals surface area (Å²) in [4.78, 5) is 4.29. The van der Waals surface area contributed by atoms with E-state index in [-0.39, 0.29) is 6.04 Å². The van der Waals surface area contributed by atoms with Gasteiger partial charge in [0.15, 0.2) is 0 Å². The number of nitrogens with one attached hydrogen (secondary N) is 2. The molecule has 0 radical (unpaired) electrons. The maximum atomic E-state index is 12.1. The Morgan fingerprint density at radius 1 is 1.44 bits per heavy atom. The van der Waals surface area contributed by atoms with E-state index in [1.54, 1.807) is 6.92 Å². The number of hydrogen-bond acceptors (Lipinski definition) is 5. The second-order valence-corrected chi connectivity index (χ2v) is 7.35. The number of aromatic nitrogens is 1. The molecule has 18 heavy (non-hydrogen) atoms.